The molecule has 1 nitrogen and oxygen atoms in total. The topological polar surface area (TPSA) is 14.1 Å². The van der Waals surface area contributed by atoms with Crippen LogP contribution in [0.5, 0.6) is 0 Å². The predicted molar refractivity (Wildman–Crippen MR) is 37.0 cm³/mol. The summed E-state index contributed by atoms with van der Waals surface area (Å²) in [5.74, 6) is 0.704. The van der Waals surface area contributed by atoms with Crippen molar-refractivity contribution in [2.75, 3.05) is 6.54 Å². The molecule has 0 saturated carbocycles. The summed E-state index contributed by atoms with van der Waals surface area (Å²) in [6, 6.07) is 0.542. The Kier molecular flexibility index (Phi) is 3.88. The summed E-state index contributed by atoms with van der Waals surface area (Å²) in [4.78, 5) is 0. The maximum Gasteiger partial charge on any atom is 0.0240 e. The third-order valence-electron chi connectivity index (χ3n) is 1.44. The van der Waals surface area contributed by atoms with E-state index in [0.717, 1.165) is 6.54 Å². The van der Waals surface area contributed by atoms with Crippen LogP contribution in [0.4, 0.5) is 0 Å². The molecule has 49 valence electrons. The second kappa shape index (κ2) is 3.90. The predicted octanol–water partition coefficient (Wildman–Crippen LogP) is 1.66. The SMILES string of the molecule is CC[N]C(C)C(C)C. The van der Waals surface area contributed by atoms with Crippen LogP contribution in [0.1, 0.15) is 27.7 Å². The Labute approximate surface area is 52.5 Å². The van der Waals surface area contributed by atoms with E-state index in [9.17, 15) is 0 Å². The molecule has 0 spiro atoms. The van der Waals surface area contributed by atoms with E-state index in [2.05, 4.69) is 33.0 Å². The van der Waals surface area contributed by atoms with Crippen molar-refractivity contribution in [1.82, 2.24) is 5.32 Å². The Morgan fingerprint density at radius 2 is 1.75 bits per heavy atom. The molecular formula is C7H16N. The van der Waals surface area contributed by atoms with Gasteiger partial charge >= 0.3 is 0 Å². The van der Waals surface area contributed by atoms with E-state index in [1.807, 2.05) is 0 Å². The number of hydrogen-bond donors (Lipinski definition) is 0. The lowest BCUT2D eigenvalue weighted by atomic mass is 10.1. The molecule has 0 aromatic carbocycles. The van der Waals surface area contributed by atoms with Crippen LogP contribution < -0.4 is 5.32 Å². The van der Waals surface area contributed by atoms with Gasteiger partial charge in [0.05, 0.1) is 0 Å². The van der Waals surface area contributed by atoms with Crippen LogP contribution in [0, 0.1) is 5.92 Å². The summed E-state index contributed by atoms with van der Waals surface area (Å²) in [5, 5.41) is 4.32. The van der Waals surface area contributed by atoms with Gasteiger partial charge in [-0.1, -0.05) is 20.8 Å². The summed E-state index contributed by atoms with van der Waals surface area (Å²) in [5.41, 5.74) is 0. The van der Waals surface area contributed by atoms with E-state index < -0.39 is 0 Å². The Morgan fingerprint density at radius 3 is 1.88 bits per heavy atom. The third-order valence-corrected chi connectivity index (χ3v) is 1.44. The summed E-state index contributed by atoms with van der Waals surface area (Å²) < 4.78 is 0. The molecular weight excluding hydrogens is 98.1 g/mol. The summed E-state index contributed by atoms with van der Waals surface area (Å²) in [7, 11) is 0. The maximum atomic E-state index is 4.32. The van der Waals surface area contributed by atoms with Crippen molar-refractivity contribution in [1.29, 1.82) is 0 Å². The van der Waals surface area contributed by atoms with Gasteiger partial charge in [-0.25, -0.2) is 5.32 Å². The quantitative estimate of drug-likeness (QED) is 0.529. The van der Waals surface area contributed by atoms with Gasteiger partial charge in [0.15, 0.2) is 0 Å². The fraction of sp³-hybridized carbons (Fsp3) is 1.00. The molecule has 0 aliphatic rings. The average Bonchev–Trinajstić information content (AvgIpc) is 1.67. The van der Waals surface area contributed by atoms with Crippen LogP contribution in [-0.2, 0) is 0 Å². The zero-order valence-corrected chi connectivity index (χ0v) is 6.31. The molecule has 0 saturated heterocycles. The van der Waals surface area contributed by atoms with E-state index in [1.54, 1.807) is 0 Å². The minimum atomic E-state index is 0.542. The molecule has 8 heavy (non-hydrogen) atoms. The summed E-state index contributed by atoms with van der Waals surface area (Å²) >= 11 is 0. The normalized spacial score (nSPS) is 14.6. The van der Waals surface area contributed by atoms with E-state index in [0.29, 0.717) is 12.0 Å². The summed E-state index contributed by atoms with van der Waals surface area (Å²) in [6.45, 7) is 9.60. The highest BCUT2D eigenvalue weighted by Gasteiger charge is 2.03. The minimum Gasteiger partial charge on any atom is -0.239 e. The van der Waals surface area contributed by atoms with Gasteiger partial charge in [0.25, 0.3) is 0 Å². The second-order valence-electron chi connectivity index (χ2n) is 2.48. The van der Waals surface area contributed by atoms with Crippen molar-refractivity contribution >= 4 is 0 Å². The molecule has 0 aromatic rings. The first-order valence-corrected chi connectivity index (χ1v) is 3.35. The van der Waals surface area contributed by atoms with Crippen molar-refractivity contribution in [3.63, 3.8) is 0 Å². The van der Waals surface area contributed by atoms with Crippen LogP contribution in [0.15, 0.2) is 0 Å². The van der Waals surface area contributed by atoms with Gasteiger partial charge < -0.3 is 0 Å². The number of hydrogen-bond acceptors (Lipinski definition) is 0. The zero-order chi connectivity index (χ0) is 6.57. The molecule has 1 unspecified atom stereocenters. The fourth-order valence-corrected chi connectivity index (χ4v) is 0.499. The lowest BCUT2D eigenvalue weighted by molar-refractivity contribution is 0.429. The van der Waals surface area contributed by atoms with Crippen LogP contribution in [0.25, 0.3) is 0 Å². The van der Waals surface area contributed by atoms with Crippen LogP contribution in [0.3, 0.4) is 0 Å². The Morgan fingerprint density at radius 1 is 1.25 bits per heavy atom. The van der Waals surface area contributed by atoms with Gasteiger partial charge in [0, 0.05) is 12.6 Å². The average molecular weight is 114 g/mol. The molecule has 1 heteroatoms. The van der Waals surface area contributed by atoms with E-state index in [1.165, 1.54) is 0 Å². The second-order valence-corrected chi connectivity index (χ2v) is 2.48. The van der Waals surface area contributed by atoms with E-state index in [-0.39, 0.29) is 0 Å². The van der Waals surface area contributed by atoms with Crippen LogP contribution in [0.2, 0.25) is 0 Å². The molecule has 0 aromatic heterocycles. The molecule has 1 radical (unpaired) electrons. The van der Waals surface area contributed by atoms with Crippen molar-refractivity contribution in [2.24, 2.45) is 5.92 Å². The fourth-order valence-electron chi connectivity index (χ4n) is 0.499. The van der Waals surface area contributed by atoms with Crippen molar-refractivity contribution in [3.8, 4) is 0 Å². The Hall–Kier alpha value is -0.0400. The largest absolute Gasteiger partial charge is 0.239 e. The van der Waals surface area contributed by atoms with Crippen molar-refractivity contribution < 1.29 is 0 Å². The first-order chi connectivity index (χ1) is 3.68. The molecule has 0 aliphatic carbocycles. The summed E-state index contributed by atoms with van der Waals surface area (Å²) in [6.07, 6.45) is 0. The van der Waals surface area contributed by atoms with Crippen LogP contribution in [-0.4, -0.2) is 12.6 Å². The van der Waals surface area contributed by atoms with Gasteiger partial charge in [0.2, 0.25) is 0 Å². The van der Waals surface area contributed by atoms with Gasteiger partial charge in [-0.05, 0) is 12.8 Å². The van der Waals surface area contributed by atoms with Crippen LogP contribution >= 0.6 is 0 Å². The molecule has 0 rings (SSSR count). The molecule has 0 aliphatic heterocycles. The minimum absolute atomic E-state index is 0.542. The third kappa shape index (κ3) is 3.03. The molecule has 0 N–H and O–H groups in total. The Balaban J connectivity index is 3.17. The molecule has 0 amide bonds. The zero-order valence-electron chi connectivity index (χ0n) is 6.31. The van der Waals surface area contributed by atoms with Crippen molar-refractivity contribution in [3.05, 3.63) is 0 Å². The first-order valence-electron chi connectivity index (χ1n) is 3.35. The first kappa shape index (κ1) is 7.96. The van der Waals surface area contributed by atoms with Gasteiger partial charge in [-0.15, -0.1) is 0 Å². The monoisotopic (exact) mass is 114 g/mol. The lowest BCUT2D eigenvalue weighted by Crippen LogP contribution is -2.23. The van der Waals surface area contributed by atoms with E-state index >= 15 is 0 Å². The van der Waals surface area contributed by atoms with Gasteiger partial charge in [-0.3, -0.25) is 0 Å². The molecule has 1 atom stereocenters. The Bertz CT molecular complexity index is 50.3. The smallest absolute Gasteiger partial charge is 0.0240 e. The highest BCUT2D eigenvalue weighted by Crippen LogP contribution is 1.99. The van der Waals surface area contributed by atoms with Gasteiger partial charge in [-0.2, -0.15) is 0 Å². The number of nitrogens with zero attached hydrogens (tertiary/aromatic N) is 1. The molecule has 0 bridgehead atoms. The van der Waals surface area contributed by atoms with Gasteiger partial charge in [0.1, 0.15) is 0 Å². The molecule has 0 fully saturated rings. The highest BCUT2D eigenvalue weighted by atomic mass is 14.9. The lowest BCUT2D eigenvalue weighted by Gasteiger charge is -2.12. The molecule has 0 heterocycles. The number of rotatable bonds is 3. The van der Waals surface area contributed by atoms with Crippen molar-refractivity contribution in [2.45, 2.75) is 33.7 Å². The highest BCUT2D eigenvalue weighted by molar-refractivity contribution is 4.61. The van der Waals surface area contributed by atoms with E-state index in [4.69, 9.17) is 0 Å². The maximum absolute atomic E-state index is 4.32. The standard InChI is InChI=1S/C7H16N/c1-5-8-7(4)6(2)3/h6-7H,5H2,1-4H3.